The first kappa shape index (κ1) is 15.3. The minimum Gasteiger partial charge on any atom is -0.391 e. The van der Waals surface area contributed by atoms with Crippen LogP contribution in [0.3, 0.4) is 0 Å². The van der Waals surface area contributed by atoms with E-state index in [0.29, 0.717) is 18.6 Å². The van der Waals surface area contributed by atoms with Crippen LogP contribution in [0.2, 0.25) is 0 Å². The van der Waals surface area contributed by atoms with Crippen molar-refractivity contribution in [3.63, 3.8) is 0 Å². The molecule has 1 fully saturated rings. The van der Waals surface area contributed by atoms with Crippen LogP contribution in [0.4, 0.5) is 14.5 Å². The van der Waals surface area contributed by atoms with Crippen LogP contribution in [0, 0.1) is 27.7 Å². The van der Waals surface area contributed by atoms with E-state index in [-0.39, 0.29) is 19.0 Å². The minimum absolute atomic E-state index is 0.000688. The SMILES string of the molecule is CC1CCN(C(=O)c2cc(F)cc([N+](=O)[O-])c2F)CC1O. The predicted octanol–water partition coefficient (Wildman–Crippen LogP) is 1.72. The molecule has 1 amide bonds. The fourth-order valence-corrected chi connectivity index (χ4v) is 2.27. The molecule has 1 aliphatic heterocycles. The van der Waals surface area contributed by atoms with Gasteiger partial charge in [-0.3, -0.25) is 14.9 Å². The Hall–Kier alpha value is -2.09. The molecule has 0 saturated carbocycles. The lowest BCUT2D eigenvalue weighted by molar-refractivity contribution is -0.387. The number of benzene rings is 1. The van der Waals surface area contributed by atoms with Crippen LogP contribution in [-0.4, -0.2) is 40.0 Å². The van der Waals surface area contributed by atoms with Crippen LogP contribution >= 0.6 is 0 Å². The predicted molar refractivity (Wildman–Crippen MR) is 68.7 cm³/mol. The molecule has 1 heterocycles. The van der Waals surface area contributed by atoms with Crippen LogP contribution in [-0.2, 0) is 0 Å². The number of aliphatic hydroxyl groups excluding tert-OH is 1. The summed E-state index contributed by atoms with van der Waals surface area (Å²) in [7, 11) is 0. The van der Waals surface area contributed by atoms with Crippen molar-refractivity contribution < 1.29 is 23.6 Å². The molecule has 114 valence electrons. The molecule has 1 aromatic carbocycles. The lowest BCUT2D eigenvalue weighted by atomic mass is 9.95. The Morgan fingerprint density at radius 3 is 2.71 bits per heavy atom. The largest absolute Gasteiger partial charge is 0.391 e. The van der Waals surface area contributed by atoms with E-state index in [0.717, 1.165) is 0 Å². The molecule has 0 radical (unpaired) electrons. The first-order valence-corrected chi connectivity index (χ1v) is 6.42. The summed E-state index contributed by atoms with van der Waals surface area (Å²) in [4.78, 5) is 22.9. The zero-order valence-corrected chi connectivity index (χ0v) is 11.3. The van der Waals surface area contributed by atoms with Gasteiger partial charge in [0.05, 0.1) is 22.7 Å². The topological polar surface area (TPSA) is 83.7 Å². The van der Waals surface area contributed by atoms with Gasteiger partial charge in [0.15, 0.2) is 0 Å². The number of carbonyl (C=O) groups excluding carboxylic acids is 1. The second-order valence-corrected chi connectivity index (χ2v) is 5.13. The number of piperidine rings is 1. The Kier molecular flexibility index (Phi) is 4.17. The number of aliphatic hydroxyl groups is 1. The smallest absolute Gasteiger partial charge is 0.308 e. The summed E-state index contributed by atoms with van der Waals surface area (Å²) in [6.45, 7) is 2.09. The van der Waals surface area contributed by atoms with Crippen molar-refractivity contribution in [3.05, 3.63) is 39.4 Å². The lowest BCUT2D eigenvalue weighted by Gasteiger charge is -2.34. The molecule has 0 aliphatic carbocycles. The van der Waals surface area contributed by atoms with Gasteiger partial charge < -0.3 is 10.0 Å². The van der Waals surface area contributed by atoms with Crippen LogP contribution < -0.4 is 0 Å². The maximum Gasteiger partial charge on any atom is 0.308 e. The molecule has 2 rings (SSSR count). The third kappa shape index (κ3) is 2.99. The van der Waals surface area contributed by atoms with Crippen LogP contribution in [0.1, 0.15) is 23.7 Å². The van der Waals surface area contributed by atoms with Gasteiger partial charge in [0.1, 0.15) is 5.82 Å². The van der Waals surface area contributed by atoms with Gasteiger partial charge in [-0.25, -0.2) is 4.39 Å². The van der Waals surface area contributed by atoms with E-state index >= 15 is 0 Å². The molecule has 0 aromatic heterocycles. The number of nitro groups is 1. The lowest BCUT2D eigenvalue weighted by Crippen LogP contribution is -2.46. The van der Waals surface area contributed by atoms with E-state index < -0.39 is 39.8 Å². The standard InChI is InChI=1S/C13H14F2N2O4/c1-7-2-3-16(6-11(7)18)13(19)9-4-8(14)5-10(12(9)15)17(20)21/h4-5,7,11,18H,2-3,6H2,1H3. The Morgan fingerprint density at radius 1 is 1.48 bits per heavy atom. The Morgan fingerprint density at radius 2 is 2.14 bits per heavy atom. The van der Waals surface area contributed by atoms with Gasteiger partial charge in [-0.1, -0.05) is 6.92 Å². The molecule has 6 nitrogen and oxygen atoms in total. The van der Waals surface area contributed by atoms with Crippen molar-refractivity contribution in [1.29, 1.82) is 0 Å². The first-order chi connectivity index (χ1) is 9.81. The molecule has 2 atom stereocenters. The summed E-state index contributed by atoms with van der Waals surface area (Å²) in [5.41, 5.74) is -1.77. The average molecular weight is 300 g/mol. The number of nitrogens with zero attached hydrogens (tertiary/aromatic N) is 2. The molecule has 8 heteroatoms. The molecule has 2 unspecified atom stereocenters. The second kappa shape index (κ2) is 5.72. The summed E-state index contributed by atoms with van der Waals surface area (Å²) in [6.07, 6.45) is -0.235. The number of likely N-dealkylation sites (tertiary alicyclic amines) is 1. The highest BCUT2D eigenvalue weighted by Crippen LogP contribution is 2.25. The summed E-state index contributed by atoms with van der Waals surface area (Å²) >= 11 is 0. The molecular weight excluding hydrogens is 286 g/mol. The number of hydrogen-bond acceptors (Lipinski definition) is 4. The fraction of sp³-hybridized carbons (Fsp3) is 0.462. The highest BCUT2D eigenvalue weighted by Gasteiger charge is 2.31. The maximum atomic E-state index is 14.0. The van der Waals surface area contributed by atoms with E-state index in [4.69, 9.17) is 0 Å². The van der Waals surface area contributed by atoms with Gasteiger partial charge in [-0.05, 0) is 18.4 Å². The number of nitro benzene ring substituents is 1. The van der Waals surface area contributed by atoms with Crippen molar-refractivity contribution in [3.8, 4) is 0 Å². The minimum atomic E-state index is -1.36. The number of halogens is 2. The maximum absolute atomic E-state index is 14.0. The third-order valence-electron chi connectivity index (χ3n) is 3.65. The first-order valence-electron chi connectivity index (χ1n) is 6.42. The Bertz CT molecular complexity index is 594. The molecule has 21 heavy (non-hydrogen) atoms. The molecule has 1 N–H and O–H groups in total. The van der Waals surface area contributed by atoms with Gasteiger partial charge in [0.25, 0.3) is 5.91 Å². The fourth-order valence-electron chi connectivity index (χ4n) is 2.27. The van der Waals surface area contributed by atoms with Gasteiger partial charge in [-0.2, -0.15) is 4.39 Å². The highest BCUT2D eigenvalue weighted by atomic mass is 19.1. The summed E-state index contributed by atoms with van der Waals surface area (Å²) in [5, 5.41) is 20.4. The molecule has 0 bridgehead atoms. The zero-order chi connectivity index (χ0) is 15.7. The number of hydrogen-bond donors (Lipinski definition) is 1. The molecule has 0 spiro atoms. The van der Waals surface area contributed by atoms with Crippen molar-refractivity contribution in [2.45, 2.75) is 19.4 Å². The van der Waals surface area contributed by atoms with Crippen molar-refractivity contribution in [2.75, 3.05) is 13.1 Å². The average Bonchev–Trinajstić information content (AvgIpc) is 2.43. The molecule has 1 aromatic rings. The summed E-state index contributed by atoms with van der Waals surface area (Å²) in [6, 6.07) is 1.06. The van der Waals surface area contributed by atoms with Gasteiger partial charge >= 0.3 is 5.69 Å². The van der Waals surface area contributed by atoms with E-state index in [1.165, 1.54) is 4.90 Å². The summed E-state index contributed by atoms with van der Waals surface area (Å²) < 4.78 is 27.3. The summed E-state index contributed by atoms with van der Waals surface area (Å²) in [5.74, 6) is -3.28. The van der Waals surface area contributed by atoms with Crippen LogP contribution in [0.15, 0.2) is 12.1 Å². The normalized spacial score (nSPS) is 22.2. The highest BCUT2D eigenvalue weighted by molar-refractivity contribution is 5.95. The molecule has 1 saturated heterocycles. The zero-order valence-electron chi connectivity index (χ0n) is 11.3. The number of β-amino-alcohol motifs (C(OH)–C–C–N with tert-alkyl or cyclic N) is 1. The van der Waals surface area contributed by atoms with Gasteiger partial charge in [0.2, 0.25) is 5.82 Å². The van der Waals surface area contributed by atoms with Crippen LogP contribution in [0.25, 0.3) is 0 Å². The van der Waals surface area contributed by atoms with Gasteiger partial charge in [0, 0.05) is 13.1 Å². The molecule has 1 aliphatic rings. The quantitative estimate of drug-likeness (QED) is 0.666. The third-order valence-corrected chi connectivity index (χ3v) is 3.65. The number of carbonyl (C=O) groups is 1. The Balaban J connectivity index is 2.33. The number of amides is 1. The van der Waals surface area contributed by atoms with Crippen molar-refractivity contribution in [1.82, 2.24) is 4.90 Å². The van der Waals surface area contributed by atoms with Crippen molar-refractivity contribution >= 4 is 11.6 Å². The monoisotopic (exact) mass is 300 g/mol. The second-order valence-electron chi connectivity index (χ2n) is 5.13. The van der Waals surface area contributed by atoms with E-state index in [1.54, 1.807) is 0 Å². The van der Waals surface area contributed by atoms with Crippen LogP contribution in [0.5, 0.6) is 0 Å². The van der Waals surface area contributed by atoms with E-state index in [1.807, 2.05) is 6.92 Å². The van der Waals surface area contributed by atoms with E-state index in [9.17, 15) is 28.8 Å². The number of rotatable bonds is 2. The Labute approximate surface area is 119 Å². The van der Waals surface area contributed by atoms with Gasteiger partial charge in [-0.15, -0.1) is 0 Å². The molecular formula is C13H14F2N2O4. The van der Waals surface area contributed by atoms with Crippen molar-refractivity contribution in [2.24, 2.45) is 5.92 Å². The van der Waals surface area contributed by atoms with E-state index in [2.05, 4.69) is 0 Å².